The fourth-order valence-electron chi connectivity index (χ4n) is 2.00. The molecule has 6 heteroatoms. The van der Waals surface area contributed by atoms with E-state index in [0.717, 1.165) is 12.8 Å². The van der Waals surface area contributed by atoms with Crippen LogP contribution >= 0.6 is 0 Å². The van der Waals surface area contributed by atoms with Gasteiger partial charge in [0.05, 0.1) is 6.04 Å². The molecule has 3 rings (SSSR count). The number of aryl methyl sites for hydroxylation is 1. The van der Waals surface area contributed by atoms with Gasteiger partial charge in [0.1, 0.15) is 12.0 Å². The van der Waals surface area contributed by atoms with Crippen molar-refractivity contribution in [2.45, 2.75) is 18.9 Å². The standard InChI is InChI=1S/C15H15N5O/c16-12(7-6-11-4-2-1-3-5-11)15-19-14(20-21-15)13-8-9-17-10-18-13/h1-5,8-10,12H,6-7,16H2. The number of benzene rings is 1. The summed E-state index contributed by atoms with van der Waals surface area (Å²) < 4.78 is 5.22. The topological polar surface area (TPSA) is 90.7 Å². The quantitative estimate of drug-likeness (QED) is 0.770. The monoisotopic (exact) mass is 281 g/mol. The summed E-state index contributed by atoms with van der Waals surface area (Å²) in [4.78, 5) is 12.2. The summed E-state index contributed by atoms with van der Waals surface area (Å²) in [6.07, 6.45) is 4.69. The number of nitrogens with zero attached hydrogens (tertiary/aromatic N) is 4. The molecule has 1 atom stereocenters. The van der Waals surface area contributed by atoms with E-state index < -0.39 is 0 Å². The molecular weight excluding hydrogens is 266 g/mol. The molecule has 0 aliphatic carbocycles. The van der Waals surface area contributed by atoms with Crippen molar-refractivity contribution in [1.29, 1.82) is 0 Å². The molecule has 2 N–H and O–H groups in total. The second-order valence-electron chi connectivity index (χ2n) is 4.68. The third-order valence-electron chi connectivity index (χ3n) is 3.16. The van der Waals surface area contributed by atoms with Gasteiger partial charge in [-0.25, -0.2) is 9.97 Å². The minimum absolute atomic E-state index is 0.284. The van der Waals surface area contributed by atoms with Crippen LogP contribution in [0.25, 0.3) is 11.5 Å². The fraction of sp³-hybridized carbons (Fsp3) is 0.200. The molecule has 0 amide bonds. The predicted octanol–water partition coefficient (Wildman–Crippen LogP) is 2.16. The van der Waals surface area contributed by atoms with E-state index in [1.165, 1.54) is 11.9 Å². The van der Waals surface area contributed by atoms with Crippen LogP contribution in [0.1, 0.15) is 23.9 Å². The van der Waals surface area contributed by atoms with Crippen LogP contribution in [0.4, 0.5) is 0 Å². The normalized spacial score (nSPS) is 12.2. The van der Waals surface area contributed by atoms with Gasteiger partial charge < -0.3 is 10.3 Å². The highest BCUT2D eigenvalue weighted by atomic mass is 16.5. The zero-order valence-electron chi connectivity index (χ0n) is 11.4. The summed E-state index contributed by atoms with van der Waals surface area (Å²) in [6, 6.07) is 11.6. The molecule has 106 valence electrons. The Morgan fingerprint density at radius 1 is 1.14 bits per heavy atom. The van der Waals surface area contributed by atoms with Crippen molar-refractivity contribution < 1.29 is 4.52 Å². The molecule has 0 radical (unpaired) electrons. The number of hydrogen-bond acceptors (Lipinski definition) is 6. The predicted molar refractivity (Wildman–Crippen MR) is 77.0 cm³/mol. The van der Waals surface area contributed by atoms with Gasteiger partial charge in [-0.1, -0.05) is 35.5 Å². The molecule has 0 saturated carbocycles. The lowest BCUT2D eigenvalue weighted by Gasteiger charge is -2.06. The summed E-state index contributed by atoms with van der Waals surface area (Å²) >= 11 is 0. The first kappa shape index (κ1) is 13.4. The minimum atomic E-state index is -0.284. The molecule has 0 fully saturated rings. The Balaban J connectivity index is 1.66. The summed E-state index contributed by atoms with van der Waals surface area (Å²) in [5, 5.41) is 3.91. The molecule has 2 aromatic heterocycles. The maximum atomic E-state index is 6.11. The van der Waals surface area contributed by atoms with Crippen molar-refractivity contribution in [3.05, 3.63) is 60.4 Å². The van der Waals surface area contributed by atoms with Crippen molar-refractivity contribution in [2.24, 2.45) is 5.73 Å². The molecule has 1 aromatic carbocycles. The summed E-state index contributed by atoms with van der Waals surface area (Å²) in [7, 11) is 0. The van der Waals surface area contributed by atoms with E-state index in [4.69, 9.17) is 10.3 Å². The Hall–Kier alpha value is -2.60. The second-order valence-corrected chi connectivity index (χ2v) is 4.68. The molecule has 21 heavy (non-hydrogen) atoms. The lowest BCUT2D eigenvalue weighted by molar-refractivity contribution is 0.349. The molecule has 0 bridgehead atoms. The molecule has 1 unspecified atom stereocenters. The average molecular weight is 281 g/mol. The lowest BCUT2D eigenvalue weighted by atomic mass is 10.1. The van der Waals surface area contributed by atoms with Gasteiger partial charge in [-0.3, -0.25) is 0 Å². The molecular formula is C15H15N5O. The fourth-order valence-corrected chi connectivity index (χ4v) is 2.00. The first-order chi connectivity index (χ1) is 10.3. The van der Waals surface area contributed by atoms with Crippen LogP contribution in [0, 0.1) is 0 Å². The van der Waals surface area contributed by atoms with Crippen LogP contribution in [-0.4, -0.2) is 20.1 Å². The molecule has 2 heterocycles. The molecule has 0 saturated heterocycles. The maximum absolute atomic E-state index is 6.11. The van der Waals surface area contributed by atoms with E-state index >= 15 is 0 Å². The third-order valence-corrected chi connectivity index (χ3v) is 3.16. The van der Waals surface area contributed by atoms with Gasteiger partial charge in [-0.15, -0.1) is 0 Å². The van der Waals surface area contributed by atoms with E-state index in [1.54, 1.807) is 12.3 Å². The van der Waals surface area contributed by atoms with Crippen LogP contribution in [0.15, 0.2) is 53.4 Å². The van der Waals surface area contributed by atoms with Gasteiger partial charge in [0.25, 0.3) is 0 Å². The molecule has 0 aliphatic rings. The highest BCUT2D eigenvalue weighted by molar-refractivity contribution is 5.46. The van der Waals surface area contributed by atoms with Gasteiger partial charge in [-0.2, -0.15) is 4.98 Å². The van der Waals surface area contributed by atoms with Crippen LogP contribution in [-0.2, 0) is 6.42 Å². The average Bonchev–Trinajstić information content (AvgIpc) is 3.04. The van der Waals surface area contributed by atoms with E-state index in [-0.39, 0.29) is 6.04 Å². The number of nitrogens with two attached hydrogens (primary N) is 1. The van der Waals surface area contributed by atoms with E-state index in [2.05, 4.69) is 32.2 Å². The highest BCUT2D eigenvalue weighted by Gasteiger charge is 2.16. The number of hydrogen-bond donors (Lipinski definition) is 1. The van der Waals surface area contributed by atoms with Gasteiger partial charge in [0.2, 0.25) is 11.7 Å². The Morgan fingerprint density at radius 2 is 2.00 bits per heavy atom. The van der Waals surface area contributed by atoms with Crippen LogP contribution in [0.2, 0.25) is 0 Å². The highest BCUT2D eigenvalue weighted by Crippen LogP contribution is 2.18. The first-order valence-electron chi connectivity index (χ1n) is 6.72. The van der Waals surface area contributed by atoms with Crippen molar-refractivity contribution in [3.63, 3.8) is 0 Å². The Labute approximate surface area is 122 Å². The number of rotatable bonds is 5. The molecule has 0 spiro atoms. The van der Waals surface area contributed by atoms with Crippen molar-refractivity contribution >= 4 is 0 Å². The van der Waals surface area contributed by atoms with Crippen molar-refractivity contribution in [2.75, 3.05) is 0 Å². The largest absolute Gasteiger partial charge is 0.337 e. The smallest absolute Gasteiger partial charge is 0.243 e. The van der Waals surface area contributed by atoms with E-state index in [0.29, 0.717) is 17.4 Å². The first-order valence-corrected chi connectivity index (χ1v) is 6.72. The summed E-state index contributed by atoms with van der Waals surface area (Å²) in [5.74, 6) is 0.863. The van der Waals surface area contributed by atoms with Gasteiger partial charge in [0.15, 0.2) is 0 Å². The Morgan fingerprint density at radius 3 is 2.76 bits per heavy atom. The van der Waals surface area contributed by atoms with E-state index in [1.807, 2.05) is 18.2 Å². The minimum Gasteiger partial charge on any atom is -0.337 e. The van der Waals surface area contributed by atoms with Crippen LogP contribution < -0.4 is 5.73 Å². The second kappa shape index (κ2) is 6.23. The van der Waals surface area contributed by atoms with Crippen LogP contribution in [0.5, 0.6) is 0 Å². The molecule has 0 aliphatic heterocycles. The van der Waals surface area contributed by atoms with Gasteiger partial charge >= 0.3 is 0 Å². The molecule has 3 aromatic rings. The third kappa shape index (κ3) is 3.29. The lowest BCUT2D eigenvalue weighted by Crippen LogP contribution is -2.11. The Kier molecular flexibility index (Phi) is 3.97. The maximum Gasteiger partial charge on any atom is 0.243 e. The van der Waals surface area contributed by atoms with Gasteiger partial charge in [-0.05, 0) is 24.5 Å². The van der Waals surface area contributed by atoms with Crippen LogP contribution in [0.3, 0.4) is 0 Å². The SMILES string of the molecule is NC(CCc1ccccc1)c1nc(-c2ccncn2)no1. The molecule has 6 nitrogen and oxygen atoms in total. The zero-order chi connectivity index (χ0) is 14.5. The Bertz CT molecular complexity index is 684. The van der Waals surface area contributed by atoms with Gasteiger partial charge in [0, 0.05) is 6.20 Å². The van der Waals surface area contributed by atoms with E-state index in [9.17, 15) is 0 Å². The van der Waals surface area contributed by atoms with Crippen molar-refractivity contribution in [1.82, 2.24) is 20.1 Å². The zero-order valence-corrected chi connectivity index (χ0v) is 11.4. The number of aromatic nitrogens is 4. The summed E-state index contributed by atoms with van der Waals surface area (Å²) in [6.45, 7) is 0. The van der Waals surface area contributed by atoms with Crippen molar-refractivity contribution in [3.8, 4) is 11.5 Å². The summed E-state index contributed by atoms with van der Waals surface area (Å²) in [5.41, 5.74) is 7.97.